The van der Waals surface area contributed by atoms with Crippen molar-refractivity contribution in [1.82, 2.24) is 4.90 Å². The van der Waals surface area contributed by atoms with Gasteiger partial charge in [-0.1, -0.05) is 36.4 Å². The minimum absolute atomic E-state index is 0.0340. The monoisotopic (exact) mass is 410 g/mol. The quantitative estimate of drug-likeness (QED) is 0.583. The number of hydrogen-bond donors (Lipinski definition) is 0. The Balaban J connectivity index is 1.61. The van der Waals surface area contributed by atoms with Crippen molar-refractivity contribution in [3.63, 3.8) is 0 Å². The zero-order chi connectivity index (χ0) is 20.9. The summed E-state index contributed by atoms with van der Waals surface area (Å²) in [5.41, 5.74) is 3.19. The molecule has 0 N–H and O–H groups in total. The molecule has 2 aliphatic rings. The van der Waals surface area contributed by atoms with Gasteiger partial charge in [0.15, 0.2) is 0 Å². The molecule has 4 nitrogen and oxygen atoms in total. The molecule has 2 atom stereocenters. The highest BCUT2D eigenvalue weighted by molar-refractivity contribution is 5.61. The van der Waals surface area contributed by atoms with Crippen molar-refractivity contribution in [2.75, 3.05) is 44.4 Å². The van der Waals surface area contributed by atoms with Crippen LogP contribution in [0.15, 0.2) is 60.7 Å². The number of rotatable bonds is 8. The number of benzene rings is 2. The molecule has 0 aromatic heterocycles. The van der Waals surface area contributed by atoms with Gasteiger partial charge in [-0.25, -0.2) is 4.39 Å². The molecule has 1 fully saturated rings. The predicted molar refractivity (Wildman–Crippen MR) is 119 cm³/mol. The maximum atomic E-state index is 13.5. The van der Waals surface area contributed by atoms with Crippen LogP contribution in [0.1, 0.15) is 31.4 Å². The molecule has 0 amide bonds. The van der Waals surface area contributed by atoms with Crippen molar-refractivity contribution in [2.45, 2.75) is 31.8 Å². The number of ether oxygens (including phenoxy) is 2. The van der Waals surface area contributed by atoms with E-state index in [1.54, 1.807) is 0 Å². The molecule has 2 aromatic rings. The minimum atomic E-state index is -0.217. The molecule has 0 aliphatic carbocycles. The number of halogens is 1. The summed E-state index contributed by atoms with van der Waals surface area (Å²) in [5.74, 6) is 0.685. The van der Waals surface area contributed by atoms with Crippen LogP contribution in [0.3, 0.4) is 0 Å². The highest BCUT2D eigenvalue weighted by Gasteiger charge is 2.33. The lowest BCUT2D eigenvalue weighted by molar-refractivity contribution is 0.0822. The number of fused-ring (bicyclic) bond motifs is 1. The van der Waals surface area contributed by atoms with E-state index >= 15 is 0 Å². The highest BCUT2D eigenvalue weighted by atomic mass is 19.1. The van der Waals surface area contributed by atoms with Gasteiger partial charge in [-0.05, 0) is 62.7 Å². The van der Waals surface area contributed by atoms with E-state index in [9.17, 15) is 4.39 Å². The topological polar surface area (TPSA) is 24.9 Å². The molecule has 2 heterocycles. The zero-order valence-corrected chi connectivity index (χ0v) is 17.7. The molecule has 2 aliphatic heterocycles. The fraction of sp³-hybridized carbons (Fsp3) is 0.440. The molecule has 0 spiro atoms. The van der Waals surface area contributed by atoms with Crippen LogP contribution < -0.4 is 9.64 Å². The molecule has 1 saturated heterocycles. The molecule has 4 rings (SSSR count). The Labute approximate surface area is 178 Å². The fourth-order valence-corrected chi connectivity index (χ4v) is 4.41. The van der Waals surface area contributed by atoms with Crippen LogP contribution in [0.5, 0.6) is 5.75 Å². The van der Waals surface area contributed by atoms with E-state index in [1.807, 2.05) is 37.3 Å². The first kappa shape index (κ1) is 20.9. The van der Waals surface area contributed by atoms with Crippen LogP contribution in [-0.4, -0.2) is 50.4 Å². The summed E-state index contributed by atoms with van der Waals surface area (Å²) in [6.07, 6.45) is 2.47. The van der Waals surface area contributed by atoms with E-state index in [0.29, 0.717) is 19.8 Å². The van der Waals surface area contributed by atoms with Gasteiger partial charge in [0.05, 0.1) is 31.0 Å². The smallest absolute Gasteiger partial charge is 0.142 e. The molecular formula is C25H31FN2O2. The second-order valence-electron chi connectivity index (χ2n) is 8.37. The number of anilines is 1. The zero-order valence-electron chi connectivity index (χ0n) is 17.7. The van der Waals surface area contributed by atoms with E-state index in [0.717, 1.165) is 42.2 Å². The third-order valence-corrected chi connectivity index (χ3v) is 5.93. The number of para-hydroxylation sites is 2. The summed E-state index contributed by atoms with van der Waals surface area (Å²) in [4.78, 5) is 4.96. The maximum absolute atomic E-state index is 13.5. The van der Waals surface area contributed by atoms with Gasteiger partial charge in [0.25, 0.3) is 0 Å². The maximum Gasteiger partial charge on any atom is 0.142 e. The third kappa shape index (κ3) is 4.85. The van der Waals surface area contributed by atoms with Gasteiger partial charge >= 0.3 is 0 Å². The lowest BCUT2D eigenvalue weighted by atomic mass is 10.0. The Morgan fingerprint density at radius 2 is 1.90 bits per heavy atom. The second-order valence-corrected chi connectivity index (χ2v) is 8.37. The highest BCUT2D eigenvalue weighted by Crippen LogP contribution is 2.39. The first-order valence-corrected chi connectivity index (χ1v) is 10.8. The summed E-state index contributed by atoms with van der Waals surface area (Å²) >= 11 is 0. The summed E-state index contributed by atoms with van der Waals surface area (Å²) < 4.78 is 25.6. The van der Waals surface area contributed by atoms with Gasteiger partial charge in [-0.3, -0.25) is 4.90 Å². The molecule has 160 valence electrons. The molecule has 0 radical (unpaired) electrons. The van der Waals surface area contributed by atoms with Crippen molar-refractivity contribution in [3.8, 4) is 5.75 Å². The first-order valence-electron chi connectivity index (χ1n) is 10.8. The third-order valence-electron chi connectivity index (χ3n) is 5.93. The fourth-order valence-electron chi connectivity index (χ4n) is 4.41. The summed E-state index contributed by atoms with van der Waals surface area (Å²) in [5, 5.41) is 0. The SMILES string of the molecule is C=C(C)COCC(CN1c2ccccc2OCC1c1ccc(F)cc1)N1CCCC1. The molecule has 30 heavy (non-hydrogen) atoms. The Morgan fingerprint density at radius 1 is 1.17 bits per heavy atom. The molecule has 2 unspecified atom stereocenters. The van der Waals surface area contributed by atoms with Gasteiger partial charge in [-0.2, -0.15) is 0 Å². The normalized spacial score (nSPS) is 19.9. The van der Waals surface area contributed by atoms with Crippen LogP contribution in [0.4, 0.5) is 10.1 Å². The number of nitrogens with zero attached hydrogens (tertiary/aromatic N) is 2. The average Bonchev–Trinajstić information content (AvgIpc) is 3.28. The Bertz CT molecular complexity index is 848. The Hall–Kier alpha value is -2.37. The van der Waals surface area contributed by atoms with Gasteiger partial charge in [0.1, 0.15) is 18.2 Å². The van der Waals surface area contributed by atoms with E-state index in [1.165, 1.54) is 25.0 Å². The second kappa shape index (κ2) is 9.63. The van der Waals surface area contributed by atoms with Crippen molar-refractivity contribution in [3.05, 3.63) is 72.1 Å². The van der Waals surface area contributed by atoms with E-state index in [4.69, 9.17) is 9.47 Å². The van der Waals surface area contributed by atoms with Crippen LogP contribution >= 0.6 is 0 Å². The van der Waals surface area contributed by atoms with Crippen molar-refractivity contribution >= 4 is 5.69 Å². The lowest BCUT2D eigenvalue weighted by Gasteiger charge is -2.42. The van der Waals surface area contributed by atoms with Crippen molar-refractivity contribution in [1.29, 1.82) is 0 Å². The van der Waals surface area contributed by atoms with E-state index in [-0.39, 0.29) is 17.9 Å². The standard InChI is InChI=1S/C25H31FN2O2/c1-19(2)16-29-17-22(27-13-5-6-14-27)15-28-23-7-3-4-8-25(23)30-18-24(28)20-9-11-21(26)12-10-20/h3-4,7-12,22,24H,1,5-6,13-18H2,2H3. The molecule has 0 saturated carbocycles. The van der Waals surface area contributed by atoms with Crippen LogP contribution in [0.2, 0.25) is 0 Å². The molecule has 5 heteroatoms. The first-order chi connectivity index (χ1) is 14.6. The van der Waals surface area contributed by atoms with Crippen LogP contribution in [0.25, 0.3) is 0 Å². The minimum Gasteiger partial charge on any atom is -0.489 e. The number of likely N-dealkylation sites (tertiary alicyclic amines) is 1. The summed E-state index contributed by atoms with van der Waals surface area (Å²) in [6, 6.07) is 15.3. The van der Waals surface area contributed by atoms with Crippen LogP contribution in [0, 0.1) is 5.82 Å². The lowest BCUT2D eigenvalue weighted by Crippen LogP contribution is -2.49. The van der Waals surface area contributed by atoms with Gasteiger partial charge in [0, 0.05) is 6.54 Å². The Morgan fingerprint density at radius 3 is 2.63 bits per heavy atom. The predicted octanol–water partition coefficient (Wildman–Crippen LogP) is 4.82. The molecule has 0 bridgehead atoms. The average molecular weight is 411 g/mol. The van der Waals surface area contributed by atoms with E-state index in [2.05, 4.69) is 22.4 Å². The number of hydrogen-bond acceptors (Lipinski definition) is 4. The van der Waals surface area contributed by atoms with E-state index < -0.39 is 0 Å². The van der Waals surface area contributed by atoms with Gasteiger partial charge < -0.3 is 14.4 Å². The molecule has 2 aromatic carbocycles. The Kier molecular flexibility index (Phi) is 6.70. The summed E-state index contributed by atoms with van der Waals surface area (Å²) in [6.45, 7) is 10.8. The van der Waals surface area contributed by atoms with Gasteiger partial charge in [-0.15, -0.1) is 0 Å². The summed E-state index contributed by atoms with van der Waals surface area (Å²) in [7, 11) is 0. The van der Waals surface area contributed by atoms with Crippen molar-refractivity contribution in [2.24, 2.45) is 0 Å². The molecular weight excluding hydrogens is 379 g/mol. The largest absolute Gasteiger partial charge is 0.489 e. The van der Waals surface area contributed by atoms with Crippen molar-refractivity contribution < 1.29 is 13.9 Å². The van der Waals surface area contributed by atoms with Crippen LogP contribution in [-0.2, 0) is 4.74 Å². The van der Waals surface area contributed by atoms with Gasteiger partial charge in [0.2, 0.25) is 0 Å².